The first-order valence-electron chi connectivity index (χ1n) is 12.9. The molecule has 2 unspecified atom stereocenters. The van der Waals surface area contributed by atoms with Crippen molar-refractivity contribution in [2.45, 2.75) is 69.8 Å². The number of nitrogens with zero attached hydrogens (tertiary/aromatic N) is 1. The molecular weight excluding hydrogens is 410 g/mol. The molecule has 0 aromatic heterocycles. The number of para-hydroxylation sites is 1. The van der Waals surface area contributed by atoms with Crippen LogP contribution in [0.1, 0.15) is 57.9 Å². The zero-order valence-electron chi connectivity index (χ0n) is 20.3. The van der Waals surface area contributed by atoms with Crippen LogP contribution in [0.25, 0.3) is 0 Å². The van der Waals surface area contributed by atoms with Crippen molar-refractivity contribution in [1.82, 2.24) is 0 Å². The highest BCUT2D eigenvalue weighted by molar-refractivity contribution is 5.24. The van der Waals surface area contributed by atoms with Crippen molar-refractivity contribution in [3.05, 3.63) is 66.2 Å². The molecule has 1 N–H and O–H groups in total. The lowest BCUT2D eigenvalue weighted by molar-refractivity contribution is -1.01. The molecule has 1 saturated carbocycles. The van der Waals surface area contributed by atoms with Gasteiger partial charge in [0, 0.05) is 32.6 Å². The van der Waals surface area contributed by atoms with E-state index < -0.39 is 5.60 Å². The summed E-state index contributed by atoms with van der Waals surface area (Å²) < 4.78 is 14.2. The summed E-state index contributed by atoms with van der Waals surface area (Å²) in [5.41, 5.74) is -0.213. The quantitative estimate of drug-likeness (QED) is 0.539. The first kappa shape index (κ1) is 22.9. The predicted octanol–water partition coefficient (Wildman–Crippen LogP) is 5.51. The van der Waals surface area contributed by atoms with Gasteiger partial charge >= 0.3 is 0 Å². The van der Waals surface area contributed by atoms with E-state index in [1.807, 2.05) is 48.5 Å². The van der Waals surface area contributed by atoms with Gasteiger partial charge in [0.1, 0.15) is 24.0 Å². The van der Waals surface area contributed by atoms with Gasteiger partial charge in [0.15, 0.2) is 0 Å². The zero-order chi connectivity index (χ0) is 22.9. The molecule has 0 radical (unpaired) electrons. The van der Waals surface area contributed by atoms with Gasteiger partial charge in [-0.1, -0.05) is 61.4 Å². The van der Waals surface area contributed by atoms with E-state index in [1.165, 1.54) is 25.7 Å². The summed E-state index contributed by atoms with van der Waals surface area (Å²) in [5.74, 6) is 1.79. The summed E-state index contributed by atoms with van der Waals surface area (Å²) >= 11 is 0. The third-order valence-corrected chi connectivity index (χ3v) is 8.99. The molecule has 2 aromatic carbocycles. The van der Waals surface area contributed by atoms with Gasteiger partial charge < -0.3 is 14.6 Å². The van der Waals surface area contributed by atoms with E-state index >= 15 is 0 Å². The molecule has 3 heterocycles. The van der Waals surface area contributed by atoms with Gasteiger partial charge in [-0.2, -0.15) is 0 Å². The Hall–Kier alpha value is -1.88. The van der Waals surface area contributed by atoms with Crippen LogP contribution in [-0.4, -0.2) is 47.7 Å². The fourth-order valence-corrected chi connectivity index (χ4v) is 6.75. The summed E-state index contributed by atoms with van der Waals surface area (Å²) in [7, 11) is 0. The maximum Gasteiger partial charge on any atom is 0.237 e. The number of ether oxygens (including phenoxy) is 2. The summed E-state index contributed by atoms with van der Waals surface area (Å²) in [6.07, 6.45) is 7.08. The minimum absolute atomic E-state index is 0.169. The van der Waals surface area contributed by atoms with Crippen molar-refractivity contribution in [3.8, 4) is 5.75 Å². The lowest BCUT2D eigenvalue weighted by Crippen LogP contribution is -2.73. The van der Waals surface area contributed by atoms with Crippen LogP contribution in [0.5, 0.6) is 5.75 Å². The van der Waals surface area contributed by atoms with Crippen LogP contribution in [0.4, 0.5) is 0 Å². The number of aliphatic hydroxyl groups is 1. The maximum absolute atomic E-state index is 11.9. The van der Waals surface area contributed by atoms with Crippen LogP contribution in [0.15, 0.2) is 60.7 Å². The molecule has 33 heavy (non-hydrogen) atoms. The lowest BCUT2D eigenvalue weighted by atomic mass is 9.79. The second-order valence-electron chi connectivity index (χ2n) is 11.1. The number of hydrogen-bond acceptors (Lipinski definition) is 3. The average molecular weight is 451 g/mol. The SMILES string of the molecule is CC(C)(Oc1ccccc1)[N+]12CCC(CC1)C(OCC(O)(c1ccccc1)C1CCCC1)C2. The van der Waals surface area contributed by atoms with Gasteiger partial charge in [0.2, 0.25) is 5.72 Å². The molecule has 3 saturated heterocycles. The zero-order valence-corrected chi connectivity index (χ0v) is 20.3. The van der Waals surface area contributed by atoms with Crippen molar-refractivity contribution in [1.29, 1.82) is 0 Å². The third-order valence-electron chi connectivity index (χ3n) is 8.99. The van der Waals surface area contributed by atoms with Gasteiger partial charge in [0.25, 0.3) is 0 Å². The van der Waals surface area contributed by atoms with E-state index in [1.54, 1.807) is 0 Å². The van der Waals surface area contributed by atoms with Gasteiger partial charge in [-0.25, -0.2) is 0 Å². The molecule has 4 fully saturated rings. The number of rotatable bonds is 8. The van der Waals surface area contributed by atoms with Crippen molar-refractivity contribution in [3.63, 3.8) is 0 Å². The second kappa shape index (κ2) is 9.05. The molecule has 4 nitrogen and oxygen atoms in total. The summed E-state index contributed by atoms with van der Waals surface area (Å²) in [4.78, 5) is 0. The largest absolute Gasteiger partial charge is 0.441 e. The summed E-state index contributed by atoms with van der Waals surface area (Å²) in [6, 6.07) is 20.4. The van der Waals surface area contributed by atoms with E-state index in [9.17, 15) is 5.11 Å². The maximum atomic E-state index is 11.9. The molecule has 3 aliphatic heterocycles. The highest BCUT2D eigenvalue weighted by Crippen LogP contribution is 2.44. The van der Waals surface area contributed by atoms with Gasteiger partial charge in [0.05, 0.1) is 19.7 Å². The van der Waals surface area contributed by atoms with Gasteiger partial charge in [-0.3, -0.25) is 4.48 Å². The molecule has 4 heteroatoms. The Morgan fingerprint density at radius 1 is 0.879 bits per heavy atom. The molecular formula is C29H40NO3+. The van der Waals surface area contributed by atoms with Crippen molar-refractivity contribution < 1.29 is 19.1 Å². The van der Waals surface area contributed by atoms with Crippen LogP contribution < -0.4 is 4.74 Å². The van der Waals surface area contributed by atoms with E-state index in [0.717, 1.165) is 48.3 Å². The molecule has 6 rings (SSSR count). The first-order valence-corrected chi connectivity index (χ1v) is 12.9. The van der Waals surface area contributed by atoms with Crippen molar-refractivity contribution >= 4 is 0 Å². The van der Waals surface area contributed by atoms with Crippen LogP contribution in [0, 0.1) is 11.8 Å². The Labute approximate surface area is 199 Å². The van der Waals surface area contributed by atoms with Gasteiger partial charge in [-0.15, -0.1) is 0 Å². The first-order chi connectivity index (χ1) is 15.9. The number of hydrogen-bond donors (Lipinski definition) is 1. The standard InChI is InChI=1S/C29H40NO3/c1-28(2,33-26-15-7-4-8-16-26)30-19-17-23(18-20-30)27(21-30)32-22-29(31,25-13-9-10-14-25)24-11-5-3-6-12-24/h3-8,11-12,15-16,23,25,27,31H,9-10,13-14,17-22H2,1-2H3/q+1. The molecule has 0 spiro atoms. The Morgan fingerprint density at radius 3 is 2.12 bits per heavy atom. The normalized spacial score (nSPS) is 29.7. The number of piperidine rings is 3. The lowest BCUT2D eigenvalue weighted by Gasteiger charge is -2.58. The molecule has 4 aliphatic rings. The third kappa shape index (κ3) is 4.34. The monoisotopic (exact) mass is 450 g/mol. The number of quaternary nitrogens is 1. The average Bonchev–Trinajstić information content (AvgIpc) is 3.40. The predicted molar refractivity (Wildman–Crippen MR) is 131 cm³/mol. The Kier molecular flexibility index (Phi) is 6.28. The minimum atomic E-state index is -0.898. The Morgan fingerprint density at radius 2 is 1.48 bits per heavy atom. The van der Waals surface area contributed by atoms with E-state index in [-0.39, 0.29) is 17.7 Å². The number of benzene rings is 2. The highest BCUT2D eigenvalue weighted by Gasteiger charge is 2.56. The van der Waals surface area contributed by atoms with Gasteiger partial charge in [-0.05, 0) is 36.5 Å². The topological polar surface area (TPSA) is 38.7 Å². The number of fused-ring (bicyclic) bond motifs is 3. The Balaban J connectivity index is 1.33. The summed E-state index contributed by atoms with van der Waals surface area (Å²) in [5, 5.41) is 11.9. The molecule has 0 amide bonds. The van der Waals surface area contributed by atoms with Crippen LogP contribution in [0.3, 0.4) is 0 Å². The highest BCUT2D eigenvalue weighted by atomic mass is 16.5. The molecule has 2 aromatic rings. The molecule has 2 atom stereocenters. The fraction of sp³-hybridized carbons (Fsp3) is 0.586. The minimum Gasteiger partial charge on any atom is -0.441 e. The van der Waals surface area contributed by atoms with E-state index in [4.69, 9.17) is 9.47 Å². The van der Waals surface area contributed by atoms with E-state index in [2.05, 4.69) is 26.0 Å². The second-order valence-corrected chi connectivity index (χ2v) is 11.1. The van der Waals surface area contributed by atoms with Crippen LogP contribution in [0.2, 0.25) is 0 Å². The van der Waals surface area contributed by atoms with Crippen molar-refractivity contribution in [2.24, 2.45) is 11.8 Å². The molecule has 2 bridgehead atoms. The van der Waals surface area contributed by atoms with Crippen LogP contribution in [-0.2, 0) is 10.3 Å². The van der Waals surface area contributed by atoms with Crippen LogP contribution >= 0.6 is 0 Å². The fourth-order valence-electron chi connectivity index (χ4n) is 6.75. The summed E-state index contributed by atoms with van der Waals surface area (Å²) in [6.45, 7) is 8.10. The molecule has 1 aliphatic carbocycles. The molecule has 178 valence electrons. The van der Waals surface area contributed by atoms with Crippen molar-refractivity contribution in [2.75, 3.05) is 26.2 Å². The smallest absolute Gasteiger partial charge is 0.237 e. The van der Waals surface area contributed by atoms with E-state index in [0.29, 0.717) is 12.5 Å². The Bertz CT molecular complexity index is 901.